The molecule has 0 aromatic heterocycles. The van der Waals surface area contributed by atoms with Crippen LogP contribution in [0, 0.1) is 24.4 Å². The van der Waals surface area contributed by atoms with Gasteiger partial charge < -0.3 is 10.2 Å². The Labute approximate surface area is 132 Å². The highest BCUT2D eigenvalue weighted by atomic mass is 19.2. The second-order valence-electron chi connectivity index (χ2n) is 5.21. The lowest BCUT2D eigenvalue weighted by Crippen LogP contribution is -2.27. The van der Waals surface area contributed by atoms with E-state index in [1.165, 1.54) is 23.1 Å². The summed E-state index contributed by atoms with van der Waals surface area (Å²) in [5.74, 6) is -3.44. The number of nitrogens with zero attached hydrogens (tertiary/aromatic N) is 1. The maximum absolute atomic E-state index is 14.2. The zero-order valence-electron chi connectivity index (χ0n) is 13.1. The average molecular weight is 322 g/mol. The van der Waals surface area contributed by atoms with Gasteiger partial charge in [0.05, 0.1) is 16.9 Å². The Kier molecular flexibility index (Phi) is 4.93. The quantitative estimate of drug-likeness (QED) is 0.913. The van der Waals surface area contributed by atoms with Gasteiger partial charge in [0.15, 0.2) is 11.6 Å². The molecule has 0 radical (unpaired) electrons. The molecule has 0 saturated carbocycles. The average Bonchev–Trinajstić information content (AvgIpc) is 2.52. The van der Waals surface area contributed by atoms with Gasteiger partial charge in [0.1, 0.15) is 5.82 Å². The van der Waals surface area contributed by atoms with Gasteiger partial charge in [0.25, 0.3) is 5.91 Å². The molecule has 2 rings (SSSR count). The van der Waals surface area contributed by atoms with Crippen LogP contribution >= 0.6 is 0 Å². The van der Waals surface area contributed by atoms with Crippen molar-refractivity contribution >= 4 is 17.3 Å². The van der Waals surface area contributed by atoms with E-state index < -0.39 is 23.4 Å². The highest BCUT2D eigenvalue weighted by Crippen LogP contribution is 2.28. The first-order chi connectivity index (χ1) is 10.8. The van der Waals surface area contributed by atoms with E-state index in [0.717, 1.165) is 6.07 Å². The van der Waals surface area contributed by atoms with Crippen LogP contribution in [0.4, 0.5) is 24.5 Å². The molecule has 0 aliphatic heterocycles. The van der Waals surface area contributed by atoms with Crippen LogP contribution in [-0.4, -0.2) is 24.4 Å². The molecule has 0 atom stereocenters. The molecule has 0 aliphatic rings. The Hall–Kier alpha value is -2.50. The van der Waals surface area contributed by atoms with Gasteiger partial charge in [-0.05, 0) is 43.7 Å². The predicted molar refractivity (Wildman–Crippen MR) is 83.4 cm³/mol. The second kappa shape index (κ2) is 6.73. The standard InChI is InChI=1S/C17H17F3N2O/c1-4-22(3)17(23)11-6-7-12(18)15(20)16(11)21-14-8-5-10(2)9-13(14)19/h5-9,21H,4H2,1-3H3. The Bertz CT molecular complexity index is 747. The number of nitrogens with one attached hydrogen (secondary N) is 1. The fraction of sp³-hybridized carbons (Fsp3) is 0.235. The van der Waals surface area contributed by atoms with Crippen molar-refractivity contribution in [3.63, 3.8) is 0 Å². The third-order valence-corrected chi connectivity index (χ3v) is 3.53. The van der Waals surface area contributed by atoms with Crippen LogP contribution in [0.5, 0.6) is 0 Å². The summed E-state index contributed by atoms with van der Waals surface area (Å²) in [6.45, 7) is 3.86. The zero-order chi connectivity index (χ0) is 17.1. The van der Waals surface area contributed by atoms with E-state index in [9.17, 15) is 18.0 Å². The molecule has 2 aromatic rings. The van der Waals surface area contributed by atoms with Gasteiger partial charge in [-0.2, -0.15) is 0 Å². The molecule has 0 saturated heterocycles. The van der Waals surface area contributed by atoms with E-state index >= 15 is 0 Å². The number of rotatable bonds is 4. The normalized spacial score (nSPS) is 10.5. The van der Waals surface area contributed by atoms with Crippen LogP contribution in [0.25, 0.3) is 0 Å². The van der Waals surface area contributed by atoms with Gasteiger partial charge in [-0.1, -0.05) is 6.07 Å². The van der Waals surface area contributed by atoms with Crippen molar-refractivity contribution in [2.45, 2.75) is 13.8 Å². The maximum Gasteiger partial charge on any atom is 0.255 e. The van der Waals surface area contributed by atoms with E-state index in [-0.39, 0.29) is 16.9 Å². The van der Waals surface area contributed by atoms with Crippen LogP contribution in [0.15, 0.2) is 30.3 Å². The number of hydrogen-bond donors (Lipinski definition) is 1. The number of hydrogen-bond acceptors (Lipinski definition) is 2. The molecule has 6 heteroatoms. The van der Waals surface area contributed by atoms with Crippen molar-refractivity contribution in [2.24, 2.45) is 0 Å². The SMILES string of the molecule is CCN(C)C(=O)c1ccc(F)c(F)c1Nc1ccc(C)cc1F. The molecular formula is C17H17F3N2O. The highest BCUT2D eigenvalue weighted by molar-refractivity contribution is 6.00. The van der Waals surface area contributed by atoms with Crippen molar-refractivity contribution in [3.05, 3.63) is 58.9 Å². The second-order valence-corrected chi connectivity index (χ2v) is 5.21. The fourth-order valence-electron chi connectivity index (χ4n) is 2.06. The summed E-state index contributed by atoms with van der Waals surface area (Å²) < 4.78 is 41.6. The Balaban J connectivity index is 2.51. The molecule has 2 aromatic carbocycles. The van der Waals surface area contributed by atoms with Crippen LogP contribution in [0.2, 0.25) is 0 Å². The summed E-state index contributed by atoms with van der Waals surface area (Å²) in [6, 6.07) is 6.36. The van der Waals surface area contributed by atoms with E-state index in [1.807, 2.05) is 0 Å². The minimum Gasteiger partial charge on any atom is -0.350 e. The third kappa shape index (κ3) is 3.47. The lowest BCUT2D eigenvalue weighted by molar-refractivity contribution is 0.0803. The summed E-state index contributed by atoms with van der Waals surface area (Å²) in [4.78, 5) is 13.6. The molecule has 1 amide bonds. The lowest BCUT2D eigenvalue weighted by atomic mass is 10.1. The number of aryl methyl sites for hydroxylation is 1. The lowest BCUT2D eigenvalue weighted by Gasteiger charge is -2.19. The zero-order valence-corrected chi connectivity index (χ0v) is 13.1. The van der Waals surface area contributed by atoms with Crippen LogP contribution in [0.3, 0.4) is 0 Å². The van der Waals surface area contributed by atoms with E-state index in [1.54, 1.807) is 27.0 Å². The van der Waals surface area contributed by atoms with E-state index in [0.29, 0.717) is 12.1 Å². The molecule has 0 bridgehead atoms. The van der Waals surface area contributed by atoms with Crippen LogP contribution in [-0.2, 0) is 0 Å². The molecule has 0 heterocycles. The molecule has 0 fully saturated rings. The third-order valence-electron chi connectivity index (χ3n) is 3.53. The number of carbonyl (C=O) groups excluding carboxylic acids is 1. The fourth-order valence-corrected chi connectivity index (χ4v) is 2.06. The molecular weight excluding hydrogens is 305 g/mol. The number of carbonyl (C=O) groups is 1. The van der Waals surface area contributed by atoms with Crippen LogP contribution < -0.4 is 5.32 Å². The van der Waals surface area contributed by atoms with Crippen LogP contribution in [0.1, 0.15) is 22.8 Å². The Morgan fingerprint density at radius 2 is 1.83 bits per heavy atom. The minimum absolute atomic E-state index is 0.0340. The van der Waals surface area contributed by atoms with E-state index in [4.69, 9.17) is 0 Å². The molecule has 3 nitrogen and oxygen atoms in total. The van der Waals surface area contributed by atoms with Crippen molar-refractivity contribution in [1.82, 2.24) is 4.90 Å². The molecule has 23 heavy (non-hydrogen) atoms. The first-order valence-corrected chi connectivity index (χ1v) is 7.11. The highest BCUT2D eigenvalue weighted by Gasteiger charge is 2.21. The van der Waals surface area contributed by atoms with Crippen molar-refractivity contribution in [1.29, 1.82) is 0 Å². The number of amides is 1. The van der Waals surface area contributed by atoms with Gasteiger partial charge in [0.2, 0.25) is 0 Å². The van der Waals surface area contributed by atoms with Gasteiger partial charge in [0, 0.05) is 13.6 Å². The van der Waals surface area contributed by atoms with Crippen molar-refractivity contribution in [3.8, 4) is 0 Å². The largest absolute Gasteiger partial charge is 0.350 e. The number of anilines is 2. The van der Waals surface area contributed by atoms with Gasteiger partial charge in [-0.3, -0.25) is 4.79 Å². The van der Waals surface area contributed by atoms with Gasteiger partial charge >= 0.3 is 0 Å². The van der Waals surface area contributed by atoms with Crippen molar-refractivity contribution < 1.29 is 18.0 Å². The first-order valence-electron chi connectivity index (χ1n) is 7.11. The summed E-state index contributed by atoms with van der Waals surface area (Å²) >= 11 is 0. The van der Waals surface area contributed by atoms with Gasteiger partial charge in [-0.15, -0.1) is 0 Å². The minimum atomic E-state index is -1.22. The predicted octanol–water partition coefficient (Wildman–Crippen LogP) is 4.25. The molecule has 0 unspecified atom stereocenters. The molecule has 122 valence electrons. The van der Waals surface area contributed by atoms with Crippen molar-refractivity contribution in [2.75, 3.05) is 18.9 Å². The molecule has 0 spiro atoms. The summed E-state index contributed by atoms with van der Waals surface area (Å²) in [6.07, 6.45) is 0. The summed E-state index contributed by atoms with van der Waals surface area (Å²) in [5, 5.41) is 2.50. The summed E-state index contributed by atoms with van der Waals surface area (Å²) in [7, 11) is 1.54. The topological polar surface area (TPSA) is 32.3 Å². The smallest absolute Gasteiger partial charge is 0.255 e. The molecule has 0 aliphatic carbocycles. The maximum atomic E-state index is 14.2. The number of benzene rings is 2. The monoisotopic (exact) mass is 322 g/mol. The van der Waals surface area contributed by atoms with Gasteiger partial charge in [-0.25, -0.2) is 13.2 Å². The first kappa shape index (κ1) is 16.9. The van der Waals surface area contributed by atoms with E-state index in [2.05, 4.69) is 5.32 Å². The molecule has 1 N–H and O–H groups in total. The summed E-state index contributed by atoms with van der Waals surface area (Å²) in [5.41, 5.74) is 0.217. The number of halogens is 3. The Morgan fingerprint density at radius 1 is 1.13 bits per heavy atom. The Morgan fingerprint density at radius 3 is 2.43 bits per heavy atom.